The SMILES string of the molecule is CC(C)(C)OC(=O)N1CCC[C@H]1C(O)C(=O)NC1CCCCC1. The van der Waals surface area contributed by atoms with Gasteiger partial charge in [-0.05, 0) is 46.5 Å². The van der Waals surface area contributed by atoms with Crippen LogP contribution in [-0.4, -0.2) is 52.3 Å². The van der Waals surface area contributed by atoms with Crippen LogP contribution >= 0.6 is 0 Å². The Morgan fingerprint density at radius 1 is 1.13 bits per heavy atom. The van der Waals surface area contributed by atoms with Gasteiger partial charge in [0.2, 0.25) is 0 Å². The number of ether oxygens (including phenoxy) is 1. The number of aliphatic hydroxyl groups is 1. The first-order valence-electron chi connectivity index (χ1n) is 8.76. The van der Waals surface area contributed by atoms with Gasteiger partial charge in [-0.1, -0.05) is 19.3 Å². The fourth-order valence-corrected chi connectivity index (χ4v) is 3.38. The molecule has 6 nitrogen and oxygen atoms in total. The second kappa shape index (κ2) is 7.51. The molecule has 0 radical (unpaired) electrons. The molecular formula is C17H30N2O4. The maximum Gasteiger partial charge on any atom is 0.410 e. The van der Waals surface area contributed by atoms with Crippen LogP contribution in [0.2, 0.25) is 0 Å². The van der Waals surface area contributed by atoms with Crippen molar-refractivity contribution in [1.82, 2.24) is 10.2 Å². The van der Waals surface area contributed by atoms with Gasteiger partial charge in [-0.15, -0.1) is 0 Å². The van der Waals surface area contributed by atoms with Gasteiger partial charge in [0, 0.05) is 12.6 Å². The van der Waals surface area contributed by atoms with Gasteiger partial charge in [-0.3, -0.25) is 4.79 Å². The van der Waals surface area contributed by atoms with Crippen molar-refractivity contribution in [3.63, 3.8) is 0 Å². The van der Waals surface area contributed by atoms with Gasteiger partial charge in [0.1, 0.15) is 5.60 Å². The normalized spacial score (nSPS) is 24.3. The zero-order valence-electron chi connectivity index (χ0n) is 14.5. The molecule has 0 spiro atoms. The lowest BCUT2D eigenvalue weighted by Crippen LogP contribution is -2.52. The van der Waals surface area contributed by atoms with Gasteiger partial charge in [0.05, 0.1) is 6.04 Å². The predicted octanol–water partition coefficient (Wildman–Crippen LogP) is 2.20. The van der Waals surface area contributed by atoms with Gasteiger partial charge in [0.15, 0.2) is 6.10 Å². The second-order valence-corrected chi connectivity index (χ2v) is 7.67. The highest BCUT2D eigenvalue weighted by Gasteiger charge is 2.39. The number of rotatable bonds is 3. The molecule has 0 aromatic heterocycles. The third-order valence-electron chi connectivity index (χ3n) is 4.51. The van der Waals surface area contributed by atoms with E-state index in [9.17, 15) is 14.7 Å². The summed E-state index contributed by atoms with van der Waals surface area (Å²) in [6.45, 7) is 5.94. The van der Waals surface area contributed by atoms with Crippen LogP contribution in [0, 0.1) is 0 Å². The standard InChI is InChI=1S/C17H30N2O4/c1-17(2,3)23-16(22)19-11-7-10-13(19)14(20)15(21)18-12-8-5-4-6-9-12/h12-14,20H,4-11H2,1-3H3,(H,18,21)/t13-,14?/m0/s1. The van der Waals surface area contributed by atoms with Gasteiger partial charge in [-0.2, -0.15) is 0 Å². The molecule has 6 heteroatoms. The average Bonchev–Trinajstić information content (AvgIpc) is 2.95. The van der Waals surface area contributed by atoms with E-state index in [1.54, 1.807) is 0 Å². The maximum absolute atomic E-state index is 12.3. The highest BCUT2D eigenvalue weighted by Crippen LogP contribution is 2.24. The molecule has 1 saturated heterocycles. The van der Waals surface area contributed by atoms with Crippen molar-refractivity contribution >= 4 is 12.0 Å². The summed E-state index contributed by atoms with van der Waals surface area (Å²) in [5.74, 6) is -0.364. The third kappa shape index (κ3) is 5.09. The summed E-state index contributed by atoms with van der Waals surface area (Å²) in [7, 11) is 0. The molecule has 1 unspecified atom stereocenters. The number of aliphatic hydroxyl groups excluding tert-OH is 1. The molecule has 23 heavy (non-hydrogen) atoms. The predicted molar refractivity (Wildman–Crippen MR) is 87.0 cm³/mol. The lowest BCUT2D eigenvalue weighted by Gasteiger charge is -2.31. The van der Waals surface area contributed by atoms with Crippen LogP contribution in [0.3, 0.4) is 0 Å². The van der Waals surface area contributed by atoms with E-state index < -0.39 is 23.8 Å². The zero-order valence-corrected chi connectivity index (χ0v) is 14.5. The Bertz CT molecular complexity index is 427. The summed E-state index contributed by atoms with van der Waals surface area (Å²) in [5, 5.41) is 13.3. The largest absolute Gasteiger partial charge is 0.444 e. The van der Waals surface area contributed by atoms with Gasteiger partial charge < -0.3 is 20.1 Å². The fraction of sp³-hybridized carbons (Fsp3) is 0.882. The summed E-state index contributed by atoms with van der Waals surface area (Å²) in [4.78, 5) is 26.1. The van der Waals surface area contributed by atoms with Crippen LogP contribution in [0.4, 0.5) is 4.79 Å². The van der Waals surface area contributed by atoms with E-state index in [0.29, 0.717) is 13.0 Å². The van der Waals surface area contributed by atoms with E-state index in [0.717, 1.165) is 32.1 Å². The smallest absolute Gasteiger partial charge is 0.410 e. The van der Waals surface area contributed by atoms with Crippen molar-refractivity contribution < 1.29 is 19.4 Å². The Hall–Kier alpha value is -1.30. The van der Waals surface area contributed by atoms with E-state index >= 15 is 0 Å². The molecule has 2 N–H and O–H groups in total. The zero-order chi connectivity index (χ0) is 17.0. The second-order valence-electron chi connectivity index (χ2n) is 7.67. The van der Waals surface area contributed by atoms with E-state index in [1.807, 2.05) is 20.8 Å². The van der Waals surface area contributed by atoms with Crippen molar-refractivity contribution in [2.75, 3.05) is 6.54 Å². The molecule has 2 atom stereocenters. The molecule has 0 aromatic carbocycles. The molecule has 1 heterocycles. The number of nitrogens with one attached hydrogen (secondary N) is 1. The number of amides is 2. The number of nitrogens with zero attached hydrogens (tertiary/aromatic N) is 1. The summed E-state index contributed by atoms with van der Waals surface area (Å²) >= 11 is 0. The summed E-state index contributed by atoms with van der Waals surface area (Å²) < 4.78 is 5.38. The number of carbonyl (C=O) groups is 2. The number of hydrogen-bond acceptors (Lipinski definition) is 4. The molecule has 2 fully saturated rings. The Labute approximate surface area is 138 Å². The van der Waals surface area contributed by atoms with E-state index in [-0.39, 0.29) is 11.9 Å². The Morgan fingerprint density at radius 3 is 2.39 bits per heavy atom. The first-order valence-corrected chi connectivity index (χ1v) is 8.76. The molecule has 0 aromatic rings. The Kier molecular flexibility index (Phi) is 5.89. The molecule has 1 saturated carbocycles. The van der Waals surface area contributed by atoms with Crippen LogP contribution < -0.4 is 5.32 Å². The summed E-state index contributed by atoms with van der Waals surface area (Å²) in [5.41, 5.74) is -0.584. The topological polar surface area (TPSA) is 78.9 Å². The van der Waals surface area contributed by atoms with Crippen LogP contribution in [0.5, 0.6) is 0 Å². The van der Waals surface area contributed by atoms with E-state index in [1.165, 1.54) is 11.3 Å². The lowest BCUT2D eigenvalue weighted by molar-refractivity contribution is -0.133. The monoisotopic (exact) mass is 326 g/mol. The Balaban J connectivity index is 1.92. The minimum atomic E-state index is -1.19. The summed E-state index contributed by atoms with van der Waals surface area (Å²) in [6, 6.07) is -0.337. The maximum atomic E-state index is 12.3. The number of hydrogen-bond donors (Lipinski definition) is 2. The molecular weight excluding hydrogens is 296 g/mol. The number of carbonyl (C=O) groups excluding carboxylic acids is 2. The van der Waals surface area contributed by atoms with Crippen molar-refractivity contribution in [1.29, 1.82) is 0 Å². The lowest BCUT2D eigenvalue weighted by atomic mass is 9.95. The van der Waals surface area contributed by atoms with Gasteiger partial charge >= 0.3 is 6.09 Å². The number of likely N-dealkylation sites (tertiary alicyclic amines) is 1. The van der Waals surface area contributed by atoms with Crippen LogP contribution in [0.25, 0.3) is 0 Å². The van der Waals surface area contributed by atoms with Crippen molar-refractivity contribution in [3.05, 3.63) is 0 Å². The molecule has 0 bridgehead atoms. The van der Waals surface area contributed by atoms with Gasteiger partial charge in [0.25, 0.3) is 5.91 Å². The fourth-order valence-electron chi connectivity index (χ4n) is 3.38. The summed E-state index contributed by atoms with van der Waals surface area (Å²) in [6.07, 6.45) is 5.15. The Morgan fingerprint density at radius 2 is 1.78 bits per heavy atom. The third-order valence-corrected chi connectivity index (χ3v) is 4.51. The van der Waals surface area contributed by atoms with Crippen molar-refractivity contribution in [3.8, 4) is 0 Å². The van der Waals surface area contributed by atoms with E-state index in [2.05, 4.69) is 5.32 Å². The minimum Gasteiger partial charge on any atom is -0.444 e. The quantitative estimate of drug-likeness (QED) is 0.833. The highest BCUT2D eigenvalue weighted by molar-refractivity contribution is 5.82. The minimum absolute atomic E-state index is 0.155. The molecule has 132 valence electrons. The molecule has 2 amide bonds. The first-order chi connectivity index (χ1) is 10.8. The van der Waals surface area contributed by atoms with Crippen LogP contribution in [0.15, 0.2) is 0 Å². The van der Waals surface area contributed by atoms with Crippen LogP contribution in [0.1, 0.15) is 65.7 Å². The molecule has 2 rings (SSSR count). The molecule has 1 aliphatic heterocycles. The highest BCUT2D eigenvalue weighted by atomic mass is 16.6. The van der Waals surface area contributed by atoms with E-state index in [4.69, 9.17) is 4.74 Å². The first kappa shape index (κ1) is 18.0. The van der Waals surface area contributed by atoms with Crippen molar-refractivity contribution in [2.45, 2.75) is 89.5 Å². The van der Waals surface area contributed by atoms with Gasteiger partial charge in [-0.25, -0.2) is 4.79 Å². The molecule has 1 aliphatic carbocycles. The molecule has 2 aliphatic rings. The van der Waals surface area contributed by atoms with Crippen molar-refractivity contribution in [2.24, 2.45) is 0 Å². The van der Waals surface area contributed by atoms with Crippen LogP contribution in [-0.2, 0) is 9.53 Å². The average molecular weight is 326 g/mol.